The van der Waals surface area contributed by atoms with Crippen LogP contribution in [-0.4, -0.2) is 22.8 Å². The fourth-order valence-corrected chi connectivity index (χ4v) is 1.67. The summed E-state index contributed by atoms with van der Waals surface area (Å²) in [4.78, 5) is 23.9. The number of nitrogens with zero attached hydrogens (tertiary/aromatic N) is 1. The van der Waals surface area contributed by atoms with E-state index in [2.05, 4.69) is 6.92 Å². The van der Waals surface area contributed by atoms with Gasteiger partial charge in [-0.05, 0) is 13.3 Å². The van der Waals surface area contributed by atoms with Gasteiger partial charge in [-0.3, -0.25) is 14.5 Å². The maximum absolute atomic E-state index is 11.3. The Bertz CT molecular complexity index is 240. The quantitative estimate of drug-likeness (QED) is 0.496. The van der Waals surface area contributed by atoms with Crippen LogP contribution in [0.1, 0.15) is 39.5 Å². The van der Waals surface area contributed by atoms with Crippen LogP contribution in [0.4, 0.5) is 0 Å². The van der Waals surface area contributed by atoms with Gasteiger partial charge in [0.25, 0.3) is 11.8 Å². The molecule has 0 aliphatic carbocycles. The predicted octanol–water partition coefficient (Wildman–Crippen LogP) is 1.88. The standard InChI is InChI=1S/C11H17NO2/c1-3-4-5-6-9(2)12-10(13)7-8-11(12)14/h7-9H,3-6H2,1-2H3/t9-/m0/s1. The van der Waals surface area contributed by atoms with Crippen molar-refractivity contribution in [3.63, 3.8) is 0 Å². The first-order valence-corrected chi connectivity index (χ1v) is 5.22. The third kappa shape index (κ3) is 2.44. The molecule has 3 heteroatoms. The average Bonchev–Trinajstić information content (AvgIpc) is 2.46. The van der Waals surface area contributed by atoms with Gasteiger partial charge in [-0.2, -0.15) is 0 Å². The highest BCUT2D eigenvalue weighted by molar-refractivity contribution is 6.13. The monoisotopic (exact) mass is 195 g/mol. The van der Waals surface area contributed by atoms with Crippen molar-refractivity contribution in [3.05, 3.63) is 12.2 Å². The summed E-state index contributed by atoms with van der Waals surface area (Å²) in [5.41, 5.74) is 0. The molecule has 0 aromatic carbocycles. The van der Waals surface area contributed by atoms with Gasteiger partial charge in [-0.1, -0.05) is 26.2 Å². The summed E-state index contributed by atoms with van der Waals surface area (Å²) in [7, 11) is 0. The second-order valence-corrected chi connectivity index (χ2v) is 3.72. The fourth-order valence-electron chi connectivity index (χ4n) is 1.67. The number of hydrogen-bond donors (Lipinski definition) is 0. The van der Waals surface area contributed by atoms with Crippen LogP contribution in [0, 0.1) is 0 Å². The largest absolute Gasteiger partial charge is 0.273 e. The van der Waals surface area contributed by atoms with E-state index < -0.39 is 0 Å². The Morgan fingerprint density at radius 3 is 2.29 bits per heavy atom. The summed E-state index contributed by atoms with van der Waals surface area (Å²) in [5.74, 6) is -0.335. The number of carbonyl (C=O) groups excluding carboxylic acids is 2. The van der Waals surface area contributed by atoms with Gasteiger partial charge >= 0.3 is 0 Å². The molecule has 0 N–H and O–H groups in total. The van der Waals surface area contributed by atoms with E-state index in [0.717, 1.165) is 25.7 Å². The average molecular weight is 195 g/mol. The number of imide groups is 1. The Kier molecular flexibility index (Phi) is 3.86. The van der Waals surface area contributed by atoms with Crippen LogP contribution >= 0.6 is 0 Å². The molecular formula is C11H17NO2. The molecule has 1 aliphatic heterocycles. The normalized spacial score (nSPS) is 18.0. The highest BCUT2D eigenvalue weighted by Crippen LogP contribution is 2.14. The highest BCUT2D eigenvalue weighted by atomic mass is 16.2. The van der Waals surface area contributed by atoms with Crippen LogP contribution in [0.25, 0.3) is 0 Å². The Labute approximate surface area is 84.8 Å². The number of carbonyl (C=O) groups is 2. The molecule has 1 rings (SSSR count). The number of hydrogen-bond acceptors (Lipinski definition) is 2. The number of unbranched alkanes of at least 4 members (excludes halogenated alkanes) is 2. The van der Waals surface area contributed by atoms with Crippen molar-refractivity contribution < 1.29 is 9.59 Å². The van der Waals surface area contributed by atoms with E-state index in [9.17, 15) is 9.59 Å². The summed E-state index contributed by atoms with van der Waals surface area (Å²) < 4.78 is 0. The van der Waals surface area contributed by atoms with E-state index in [0.29, 0.717) is 0 Å². The molecule has 14 heavy (non-hydrogen) atoms. The van der Waals surface area contributed by atoms with Gasteiger partial charge in [0.15, 0.2) is 0 Å². The van der Waals surface area contributed by atoms with E-state index in [1.54, 1.807) is 0 Å². The van der Waals surface area contributed by atoms with Crippen molar-refractivity contribution in [2.24, 2.45) is 0 Å². The molecule has 3 nitrogen and oxygen atoms in total. The van der Waals surface area contributed by atoms with Crippen molar-refractivity contribution in [2.75, 3.05) is 0 Å². The zero-order valence-corrected chi connectivity index (χ0v) is 8.82. The van der Waals surface area contributed by atoms with Crippen LogP contribution in [-0.2, 0) is 9.59 Å². The maximum atomic E-state index is 11.3. The second-order valence-electron chi connectivity index (χ2n) is 3.72. The summed E-state index contributed by atoms with van der Waals surface area (Å²) in [5, 5.41) is 0. The SMILES string of the molecule is CCCCC[C@H](C)N1C(=O)C=CC1=O. The van der Waals surface area contributed by atoms with Crippen molar-refractivity contribution >= 4 is 11.8 Å². The topological polar surface area (TPSA) is 37.4 Å². The van der Waals surface area contributed by atoms with Gasteiger partial charge in [-0.15, -0.1) is 0 Å². The van der Waals surface area contributed by atoms with Crippen molar-refractivity contribution in [2.45, 2.75) is 45.6 Å². The molecule has 0 aromatic heterocycles. The van der Waals surface area contributed by atoms with Crippen molar-refractivity contribution in [1.82, 2.24) is 4.90 Å². The van der Waals surface area contributed by atoms with Gasteiger partial charge in [0.05, 0.1) is 0 Å². The van der Waals surface area contributed by atoms with E-state index in [-0.39, 0.29) is 17.9 Å². The van der Waals surface area contributed by atoms with Crippen LogP contribution in [0.3, 0.4) is 0 Å². The Morgan fingerprint density at radius 2 is 1.79 bits per heavy atom. The molecule has 2 amide bonds. The first kappa shape index (κ1) is 11.0. The third-order valence-corrected chi connectivity index (χ3v) is 2.51. The molecule has 0 unspecified atom stereocenters. The van der Waals surface area contributed by atoms with E-state index >= 15 is 0 Å². The number of amides is 2. The predicted molar refractivity (Wildman–Crippen MR) is 54.6 cm³/mol. The molecule has 1 atom stereocenters. The molecule has 0 bridgehead atoms. The Morgan fingerprint density at radius 1 is 1.21 bits per heavy atom. The van der Waals surface area contributed by atoms with Crippen LogP contribution in [0.5, 0.6) is 0 Å². The first-order chi connectivity index (χ1) is 6.66. The minimum atomic E-state index is -0.168. The first-order valence-electron chi connectivity index (χ1n) is 5.22. The maximum Gasteiger partial charge on any atom is 0.253 e. The van der Waals surface area contributed by atoms with Gasteiger partial charge < -0.3 is 0 Å². The lowest BCUT2D eigenvalue weighted by Gasteiger charge is -2.22. The number of rotatable bonds is 5. The summed E-state index contributed by atoms with van der Waals surface area (Å²) in [6.45, 7) is 4.07. The molecule has 1 heterocycles. The fraction of sp³-hybridized carbons (Fsp3) is 0.636. The molecule has 78 valence electrons. The summed E-state index contributed by atoms with van der Waals surface area (Å²) in [6.07, 6.45) is 7.00. The zero-order valence-electron chi connectivity index (χ0n) is 8.82. The minimum Gasteiger partial charge on any atom is -0.273 e. The molecule has 0 saturated carbocycles. The zero-order chi connectivity index (χ0) is 10.6. The van der Waals surface area contributed by atoms with E-state index in [4.69, 9.17) is 0 Å². The molecule has 1 aliphatic rings. The van der Waals surface area contributed by atoms with E-state index in [1.165, 1.54) is 17.1 Å². The van der Waals surface area contributed by atoms with Gasteiger partial charge in [0.1, 0.15) is 0 Å². The molecule has 0 radical (unpaired) electrons. The van der Waals surface area contributed by atoms with Crippen LogP contribution in [0.15, 0.2) is 12.2 Å². The lowest BCUT2D eigenvalue weighted by Crippen LogP contribution is -2.38. The van der Waals surface area contributed by atoms with Crippen molar-refractivity contribution in [3.8, 4) is 0 Å². The second kappa shape index (κ2) is 4.94. The third-order valence-electron chi connectivity index (χ3n) is 2.51. The lowest BCUT2D eigenvalue weighted by atomic mass is 10.1. The smallest absolute Gasteiger partial charge is 0.253 e. The summed E-state index contributed by atoms with van der Waals surface area (Å²) in [6, 6.07) is 0.0385. The molecule has 0 saturated heterocycles. The van der Waals surface area contributed by atoms with E-state index in [1.807, 2.05) is 6.92 Å². The Hall–Kier alpha value is -1.12. The van der Waals surface area contributed by atoms with Crippen LogP contribution in [0.2, 0.25) is 0 Å². The molecule has 0 spiro atoms. The van der Waals surface area contributed by atoms with Gasteiger partial charge in [-0.25, -0.2) is 0 Å². The van der Waals surface area contributed by atoms with Crippen molar-refractivity contribution in [1.29, 1.82) is 0 Å². The Balaban J connectivity index is 2.40. The van der Waals surface area contributed by atoms with Crippen LogP contribution < -0.4 is 0 Å². The highest BCUT2D eigenvalue weighted by Gasteiger charge is 2.27. The van der Waals surface area contributed by atoms with Gasteiger partial charge in [0.2, 0.25) is 0 Å². The molecular weight excluding hydrogens is 178 g/mol. The minimum absolute atomic E-state index is 0.0385. The van der Waals surface area contributed by atoms with Gasteiger partial charge in [0, 0.05) is 18.2 Å². The summed E-state index contributed by atoms with van der Waals surface area (Å²) >= 11 is 0. The molecule has 0 aromatic rings. The lowest BCUT2D eigenvalue weighted by molar-refractivity contribution is -0.139. The molecule has 0 fully saturated rings.